The van der Waals surface area contributed by atoms with Crippen molar-refractivity contribution in [2.24, 2.45) is 5.73 Å². The zero-order valence-corrected chi connectivity index (χ0v) is 12.5. The van der Waals surface area contributed by atoms with E-state index >= 15 is 0 Å². The number of thiophene rings is 1. The molecule has 3 aromatic rings. The van der Waals surface area contributed by atoms with Crippen molar-refractivity contribution in [2.75, 3.05) is 5.32 Å². The van der Waals surface area contributed by atoms with Crippen molar-refractivity contribution in [1.82, 2.24) is 4.98 Å². The van der Waals surface area contributed by atoms with Crippen LogP contribution in [-0.4, -0.2) is 10.9 Å². The molecule has 0 aliphatic rings. The van der Waals surface area contributed by atoms with E-state index in [9.17, 15) is 4.79 Å². The molecule has 0 radical (unpaired) electrons. The average molecular weight is 318 g/mol. The number of benzene rings is 1. The molecule has 1 aromatic carbocycles. The first kappa shape index (κ1) is 14.0. The smallest absolute Gasteiger partial charge is 0.246 e. The van der Waals surface area contributed by atoms with Crippen molar-refractivity contribution >= 4 is 45.4 Å². The van der Waals surface area contributed by atoms with Gasteiger partial charge in [0.2, 0.25) is 5.91 Å². The van der Waals surface area contributed by atoms with Crippen LogP contribution in [0.3, 0.4) is 0 Å². The summed E-state index contributed by atoms with van der Waals surface area (Å²) in [6.45, 7) is 0. The van der Waals surface area contributed by atoms with E-state index in [1.54, 1.807) is 24.4 Å². The van der Waals surface area contributed by atoms with Gasteiger partial charge in [-0.2, -0.15) is 0 Å². The predicted molar refractivity (Wildman–Crippen MR) is 86.6 cm³/mol. The molecule has 0 aliphatic heterocycles. The van der Waals surface area contributed by atoms with Gasteiger partial charge < -0.3 is 11.1 Å². The molecular formula is C15H12ClN3OS. The summed E-state index contributed by atoms with van der Waals surface area (Å²) in [6, 6.07) is 10.1. The topological polar surface area (TPSA) is 68.0 Å². The summed E-state index contributed by atoms with van der Waals surface area (Å²) in [4.78, 5) is 17.3. The molecule has 1 unspecified atom stereocenters. The van der Waals surface area contributed by atoms with E-state index in [2.05, 4.69) is 10.3 Å². The number of nitrogens with two attached hydrogens (primary N) is 1. The molecule has 1 atom stereocenters. The van der Waals surface area contributed by atoms with Crippen LogP contribution in [0.15, 0.2) is 48.0 Å². The van der Waals surface area contributed by atoms with Crippen LogP contribution in [0.25, 0.3) is 10.9 Å². The minimum absolute atomic E-state index is 0.272. The molecule has 1 amide bonds. The second-order valence-corrected chi connectivity index (χ2v) is 5.86. The van der Waals surface area contributed by atoms with Crippen molar-refractivity contribution in [3.8, 4) is 0 Å². The maximum absolute atomic E-state index is 12.2. The van der Waals surface area contributed by atoms with Crippen molar-refractivity contribution in [3.63, 3.8) is 0 Å². The Kier molecular flexibility index (Phi) is 3.88. The highest BCUT2D eigenvalue weighted by Gasteiger charge is 2.18. The number of fused-ring (bicyclic) bond motifs is 1. The number of anilines is 1. The van der Waals surface area contributed by atoms with Crippen molar-refractivity contribution in [1.29, 1.82) is 0 Å². The Morgan fingerprint density at radius 1 is 1.29 bits per heavy atom. The first-order valence-corrected chi connectivity index (χ1v) is 7.55. The molecule has 6 heteroatoms. The fraction of sp³-hybridized carbons (Fsp3) is 0.0667. The number of hydrogen-bond acceptors (Lipinski definition) is 4. The molecule has 2 aromatic heterocycles. The van der Waals surface area contributed by atoms with E-state index in [1.807, 2.05) is 23.6 Å². The Labute approximate surface area is 130 Å². The van der Waals surface area contributed by atoms with Crippen LogP contribution >= 0.6 is 22.9 Å². The van der Waals surface area contributed by atoms with E-state index in [1.165, 1.54) is 11.3 Å². The fourth-order valence-electron chi connectivity index (χ4n) is 2.05. The van der Waals surface area contributed by atoms with Crippen LogP contribution in [0.4, 0.5) is 5.69 Å². The average Bonchev–Trinajstić information content (AvgIpc) is 3.04. The molecular weight excluding hydrogens is 306 g/mol. The summed E-state index contributed by atoms with van der Waals surface area (Å²) < 4.78 is 0. The lowest BCUT2D eigenvalue weighted by atomic mass is 10.1. The number of carbonyl (C=O) groups is 1. The third kappa shape index (κ3) is 2.76. The number of amides is 1. The van der Waals surface area contributed by atoms with Crippen molar-refractivity contribution < 1.29 is 4.79 Å². The first-order valence-electron chi connectivity index (χ1n) is 6.30. The lowest BCUT2D eigenvalue weighted by Crippen LogP contribution is -2.27. The Morgan fingerprint density at radius 2 is 2.14 bits per heavy atom. The largest absolute Gasteiger partial charge is 0.323 e. The molecule has 0 saturated carbocycles. The molecule has 0 bridgehead atoms. The third-order valence-corrected chi connectivity index (χ3v) is 4.39. The number of nitrogens with one attached hydrogen (secondary N) is 1. The molecule has 3 N–H and O–H groups in total. The number of carbonyl (C=O) groups excluding carboxylic acids is 1. The maximum Gasteiger partial charge on any atom is 0.246 e. The quantitative estimate of drug-likeness (QED) is 0.775. The Morgan fingerprint density at radius 3 is 2.90 bits per heavy atom. The molecule has 0 spiro atoms. The zero-order valence-electron chi connectivity index (χ0n) is 10.9. The number of rotatable bonds is 3. The molecule has 2 heterocycles. The standard InChI is InChI=1S/C15H12ClN3OS/c16-10-5-6-11(14-9(10)3-1-7-18-14)19-15(20)13(17)12-4-2-8-21-12/h1-8,13H,17H2,(H,19,20). The van der Waals surface area contributed by atoms with E-state index in [4.69, 9.17) is 17.3 Å². The van der Waals surface area contributed by atoms with Crippen LogP contribution in [0.1, 0.15) is 10.9 Å². The van der Waals surface area contributed by atoms with Crippen molar-refractivity contribution in [3.05, 3.63) is 57.9 Å². The van der Waals surface area contributed by atoms with Crippen LogP contribution in [0.2, 0.25) is 5.02 Å². The van der Waals surface area contributed by atoms with Gasteiger partial charge in [-0.15, -0.1) is 11.3 Å². The van der Waals surface area contributed by atoms with Gasteiger partial charge >= 0.3 is 0 Å². The highest BCUT2D eigenvalue weighted by atomic mass is 35.5. The predicted octanol–water partition coefficient (Wildman–Crippen LogP) is 3.59. The van der Waals surface area contributed by atoms with Gasteiger partial charge in [-0.1, -0.05) is 17.7 Å². The zero-order chi connectivity index (χ0) is 14.8. The number of hydrogen-bond donors (Lipinski definition) is 2. The van der Waals surface area contributed by atoms with Crippen LogP contribution in [0, 0.1) is 0 Å². The number of aromatic nitrogens is 1. The molecule has 106 valence electrons. The minimum Gasteiger partial charge on any atom is -0.323 e. The van der Waals surface area contributed by atoms with Crippen LogP contribution in [-0.2, 0) is 4.79 Å². The fourth-order valence-corrected chi connectivity index (χ4v) is 2.99. The molecule has 0 fully saturated rings. The number of nitrogens with zero attached hydrogens (tertiary/aromatic N) is 1. The van der Waals surface area contributed by atoms with E-state index in [0.717, 1.165) is 10.3 Å². The Hall–Kier alpha value is -1.95. The summed E-state index contributed by atoms with van der Waals surface area (Å²) >= 11 is 7.59. The van der Waals surface area contributed by atoms with Gasteiger partial charge in [0.15, 0.2) is 0 Å². The van der Waals surface area contributed by atoms with Gasteiger partial charge in [0.05, 0.1) is 16.2 Å². The normalized spacial score (nSPS) is 12.3. The molecule has 4 nitrogen and oxygen atoms in total. The van der Waals surface area contributed by atoms with Gasteiger partial charge in [0, 0.05) is 16.5 Å². The van der Waals surface area contributed by atoms with E-state index in [-0.39, 0.29) is 5.91 Å². The third-order valence-electron chi connectivity index (χ3n) is 3.11. The lowest BCUT2D eigenvalue weighted by Gasteiger charge is -2.12. The Balaban J connectivity index is 1.92. The van der Waals surface area contributed by atoms with Crippen LogP contribution < -0.4 is 11.1 Å². The molecule has 3 rings (SSSR count). The molecule has 0 aliphatic carbocycles. The van der Waals surface area contributed by atoms with Gasteiger partial charge in [0.1, 0.15) is 6.04 Å². The highest BCUT2D eigenvalue weighted by molar-refractivity contribution is 7.10. The first-order chi connectivity index (χ1) is 10.2. The van der Waals surface area contributed by atoms with E-state index in [0.29, 0.717) is 16.2 Å². The lowest BCUT2D eigenvalue weighted by molar-refractivity contribution is -0.117. The van der Waals surface area contributed by atoms with Gasteiger partial charge in [-0.25, -0.2) is 0 Å². The Bertz CT molecular complexity index is 789. The van der Waals surface area contributed by atoms with Gasteiger partial charge in [-0.3, -0.25) is 9.78 Å². The number of halogens is 1. The second-order valence-electron chi connectivity index (χ2n) is 4.48. The molecule has 0 saturated heterocycles. The summed E-state index contributed by atoms with van der Waals surface area (Å²) in [5.74, 6) is -0.272. The van der Waals surface area contributed by atoms with Crippen molar-refractivity contribution in [2.45, 2.75) is 6.04 Å². The maximum atomic E-state index is 12.2. The summed E-state index contributed by atoms with van der Waals surface area (Å²) in [5.41, 5.74) is 7.21. The summed E-state index contributed by atoms with van der Waals surface area (Å²) in [6.07, 6.45) is 1.66. The minimum atomic E-state index is -0.695. The molecule has 21 heavy (non-hydrogen) atoms. The SMILES string of the molecule is NC(C(=O)Nc1ccc(Cl)c2cccnc12)c1cccs1. The van der Waals surface area contributed by atoms with Gasteiger partial charge in [-0.05, 0) is 35.7 Å². The highest BCUT2D eigenvalue weighted by Crippen LogP contribution is 2.28. The van der Waals surface area contributed by atoms with Crippen LogP contribution in [0.5, 0.6) is 0 Å². The summed E-state index contributed by atoms with van der Waals surface area (Å²) in [7, 11) is 0. The van der Waals surface area contributed by atoms with E-state index < -0.39 is 6.04 Å². The second kappa shape index (κ2) is 5.81. The number of pyridine rings is 1. The monoisotopic (exact) mass is 317 g/mol. The summed E-state index contributed by atoms with van der Waals surface area (Å²) in [5, 5.41) is 6.10. The van der Waals surface area contributed by atoms with Gasteiger partial charge in [0.25, 0.3) is 0 Å².